The third-order valence-corrected chi connectivity index (χ3v) is 9.94. The number of carbonyl (C=O) groups excluding carboxylic acids is 1. The summed E-state index contributed by atoms with van der Waals surface area (Å²) in [5, 5.41) is 11.7. The van der Waals surface area contributed by atoms with E-state index in [0.717, 1.165) is 11.1 Å². The number of carbonyl (C=O) groups is 1. The number of pyridine rings is 1. The van der Waals surface area contributed by atoms with Gasteiger partial charge in [-0.25, -0.2) is 13.2 Å². The molecule has 8 nitrogen and oxygen atoms in total. The maximum Gasteiger partial charge on any atom is 0.338 e. The Morgan fingerprint density at radius 1 is 0.935 bits per heavy atom. The van der Waals surface area contributed by atoms with E-state index in [-0.39, 0.29) is 28.3 Å². The predicted octanol–water partition coefficient (Wildman–Crippen LogP) is 7.36. The van der Waals surface area contributed by atoms with Crippen LogP contribution in [0.1, 0.15) is 62.6 Å². The molecule has 4 aromatic rings. The number of aryl methyl sites for hydroxylation is 2. The number of nitrogen functional groups attached to an aromatic ring is 1. The Morgan fingerprint density at radius 3 is 2.09 bits per heavy atom. The lowest BCUT2D eigenvalue weighted by molar-refractivity contribution is -0.161. The first-order valence-corrected chi connectivity index (χ1v) is 16.9. The topological polar surface area (TPSA) is 132 Å². The van der Waals surface area contributed by atoms with Gasteiger partial charge in [-0.3, -0.25) is 9.71 Å². The van der Waals surface area contributed by atoms with Crippen LogP contribution in [0.4, 0.5) is 11.4 Å². The average Bonchev–Trinajstić information content (AvgIpc) is 3.01. The van der Waals surface area contributed by atoms with Gasteiger partial charge in [-0.05, 0) is 66.0 Å². The van der Waals surface area contributed by atoms with E-state index in [1.165, 1.54) is 18.5 Å². The molecule has 240 valence electrons. The van der Waals surface area contributed by atoms with Crippen LogP contribution < -0.4 is 10.5 Å². The number of aliphatic hydroxyl groups is 1. The molecule has 1 aromatic heterocycles. The Hall–Kier alpha value is -4.63. The molecule has 1 aliphatic rings. The molecule has 3 aromatic carbocycles. The summed E-state index contributed by atoms with van der Waals surface area (Å²) in [4.78, 5) is 17.9. The third-order valence-electron chi connectivity index (χ3n) is 8.48. The fraction of sp³-hybridized carbons (Fsp3) is 0.297. The van der Waals surface area contributed by atoms with Crippen molar-refractivity contribution in [1.82, 2.24) is 4.98 Å². The number of nitrogens with one attached hydrogen (secondary N) is 1. The number of esters is 1. The summed E-state index contributed by atoms with van der Waals surface area (Å²) < 4.78 is 35.3. The second kappa shape index (κ2) is 13.4. The number of aliphatic hydroxyl groups excluding tert-OH is 1. The van der Waals surface area contributed by atoms with Crippen molar-refractivity contribution < 1.29 is 23.1 Å². The van der Waals surface area contributed by atoms with E-state index in [2.05, 4.69) is 34.0 Å². The summed E-state index contributed by atoms with van der Waals surface area (Å²) >= 11 is 0. The highest BCUT2D eigenvalue weighted by Crippen LogP contribution is 2.47. The number of aromatic nitrogens is 1. The summed E-state index contributed by atoms with van der Waals surface area (Å²) in [5.41, 5.74) is 7.91. The van der Waals surface area contributed by atoms with Crippen LogP contribution in [0.2, 0.25) is 0 Å². The van der Waals surface area contributed by atoms with Crippen LogP contribution >= 0.6 is 0 Å². The lowest BCUT2D eigenvalue weighted by atomic mass is 9.70. The molecule has 46 heavy (non-hydrogen) atoms. The molecule has 0 amide bonds. The van der Waals surface area contributed by atoms with Crippen molar-refractivity contribution in [3.8, 4) is 0 Å². The van der Waals surface area contributed by atoms with Crippen LogP contribution in [0.25, 0.3) is 0 Å². The molecular formula is C37H41N3O5S. The number of anilines is 2. The first kappa shape index (κ1) is 32.8. The molecule has 2 heterocycles. The number of nitrogens with two attached hydrogens (primary N) is 1. The number of sulfonamides is 1. The Morgan fingerprint density at radius 2 is 1.54 bits per heavy atom. The third kappa shape index (κ3) is 7.59. The molecule has 9 heteroatoms. The molecular weight excluding hydrogens is 598 g/mol. The molecule has 0 bridgehead atoms. The molecule has 1 aliphatic heterocycles. The van der Waals surface area contributed by atoms with E-state index in [0.29, 0.717) is 36.9 Å². The largest absolute Gasteiger partial charge is 0.512 e. The molecule has 0 unspecified atom stereocenters. The van der Waals surface area contributed by atoms with Gasteiger partial charge in [0.05, 0.1) is 17.5 Å². The van der Waals surface area contributed by atoms with Gasteiger partial charge >= 0.3 is 5.97 Å². The monoisotopic (exact) mass is 639 g/mol. The molecule has 0 aliphatic carbocycles. The van der Waals surface area contributed by atoms with Crippen LogP contribution in [0.15, 0.2) is 120 Å². The van der Waals surface area contributed by atoms with Crippen molar-refractivity contribution in [3.63, 3.8) is 0 Å². The summed E-state index contributed by atoms with van der Waals surface area (Å²) in [6, 6.07) is 28.3. The number of nitrogens with zero attached hydrogens (tertiary/aromatic N) is 1. The second-order valence-electron chi connectivity index (χ2n) is 13.0. The smallest absolute Gasteiger partial charge is 0.338 e. The minimum absolute atomic E-state index is 0.00726. The molecule has 0 saturated carbocycles. The van der Waals surface area contributed by atoms with E-state index in [9.17, 15) is 18.3 Å². The fourth-order valence-electron chi connectivity index (χ4n) is 6.26. The molecule has 1 atom stereocenters. The van der Waals surface area contributed by atoms with Gasteiger partial charge in [0.2, 0.25) is 0 Å². The molecule has 5 rings (SSSR count). The van der Waals surface area contributed by atoms with Crippen molar-refractivity contribution in [2.45, 2.75) is 69.3 Å². The Kier molecular flexibility index (Phi) is 9.53. The first-order chi connectivity index (χ1) is 21.9. The van der Waals surface area contributed by atoms with Crippen molar-refractivity contribution in [1.29, 1.82) is 0 Å². The maximum absolute atomic E-state index is 14.1. The lowest BCUT2D eigenvalue weighted by Gasteiger charge is -2.41. The molecule has 0 fully saturated rings. The van der Waals surface area contributed by atoms with E-state index in [1.54, 1.807) is 18.2 Å². The molecule has 0 radical (unpaired) electrons. The summed E-state index contributed by atoms with van der Waals surface area (Å²) in [6.45, 7) is 5.94. The maximum atomic E-state index is 14.1. The standard InChI is InChI=1S/C37H41N3O5S/c1-36(2,3)34(28-15-10-16-29(23-28)40-46(43,44)32-19-22-39-25-30(32)38)33-31(41)24-37(45-35(33)42,20-17-26-11-6-4-7-12-26)21-18-27-13-8-5-9-14-27/h4-16,19,22-23,25,34,40-41H,17-18,20-21,24,38H2,1-3H3/t34-/m1/s1. The number of ether oxygens (including phenoxy) is 1. The zero-order chi connectivity index (χ0) is 33.0. The number of hydrogen-bond donors (Lipinski definition) is 3. The lowest BCUT2D eigenvalue weighted by Crippen LogP contribution is -2.43. The van der Waals surface area contributed by atoms with Crippen molar-refractivity contribution >= 4 is 27.4 Å². The van der Waals surface area contributed by atoms with Crippen LogP contribution in [-0.2, 0) is 32.4 Å². The minimum Gasteiger partial charge on any atom is -0.512 e. The zero-order valence-corrected chi connectivity index (χ0v) is 27.3. The summed E-state index contributed by atoms with van der Waals surface area (Å²) in [7, 11) is -4.01. The minimum atomic E-state index is -4.01. The van der Waals surface area contributed by atoms with Gasteiger partial charge in [0, 0.05) is 24.2 Å². The highest BCUT2D eigenvalue weighted by Gasteiger charge is 2.46. The average molecular weight is 640 g/mol. The van der Waals surface area contributed by atoms with Crippen molar-refractivity contribution in [2.75, 3.05) is 10.5 Å². The first-order valence-electron chi connectivity index (χ1n) is 15.4. The molecule has 0 spiro atoms. The SMILES string of the molecule is CC(C)(C)[C@@H](C1=C(O)CC(CCc2ccccc2)(CCc2ccccc2)OC1=O)c1cccc(NS(=O)(=O)c2ccncc2N)c1. The number of benzene rings is 3. The van der Waals surface area contributed by atoms with Crippen LogP contribution in [0.5, 0.6) is 0 Å². The van der Waals surface area contributed by atoms with E-state index >= 15 is 0 Å². The Balaban J connectivity index is 1.48. The summed E-state index contributed by atoms with van der Waals surface area (Å²) in [5.74, 6) is -1.13. The van der Waals surface area contributed by atoms with Crippen LogP contribution in [0, 0.1) is 5.41 Å². The van der Waals surface area contributed by atoms with Crippen molar-refractivity contribution in [2.24, 2.45) is 5.41 Å². The summed E-state index contributed by atoms with van der Waals surface area (Å²) in [6.07, 6.45) is 5.33. The van der Waals surface area contributed by atoms with Crippen molar-refractivity contribution in [3.05, 3.63) is 131 Å². The number of rotatable bonds is 11. The number of cyclic esters (lactones) is 1. The van der Waals surface area contributed by atoms with E-state index in [4.69, 9.17) is 10.5 Å². The fourth-order valence-corrected chi connectivity index (χ4v) is 7.41. The second-order valence-corrected chi connectivity index (χ2v) is 14.7. The zero-order valence-electron chi connectivity index (χ0n) is 26.4. The van der Waals surface area contributed by atoms with Gasteiger partial charge in [-0.2, -0.15) is 0 Å². The van der Waals surface area contributed by atoms with Gasteiger partial charge in [0.25, 0.3) is 10.0 Å². The Bertz CT molecular complexity index is 1770. The van der Waals surface area contributed by atoms with Crippen LogP contribution in [0.3, 0.4) is 0 Å². The van der Waals surface area contributed by atoms with E-state index < -0.39 is 32.9 Å². The highest BCUT2D eigenvalue weighted by atomic mass is 32.2. The van der Waals surface area contributed by atoms with Gasteiger partial charge in [0.1, 0.15) is 16.3 Å². The van der Waals surface area contributed by atoms with Gasteiger partial charge in [-0.1, -0.05) is 93.6 Å². The van der Waals surface area contributed by atoms with Crippen LogP contribution in [-0.4, -0.2) is 30.1 Å². The van der Waals surface area contributed by atoms with Gasteiger partial charge < -0.3 is 15.6 Å². The quantitative estimate of drug-likeness (QED) is 0.146. The molecule has 4 N–H and O–H groups in total. The molecule has 0 saturated heterocycles. The Labute approximate surface area is 271 Å². The van der Waals surface area contributed by atoms with E-state index in [1.807, 2.05) is 63.2 Å². The normalized spacial score (nSPS) is 15.7. The van der Waals surface area contributed by atoms with Gasteiger partial charge in [-0.15, -0.1) is 0 Å². The number of hydrogen-bond acceptors (Lipinski definition) is 7. The highest BCUT2D eigenvalue weighted by molar-refractivity contribution is 7.92. The van der Waals surface area contributed by atoms with Gasteiger partial charge in [0.15, 0.2) is 0 Å². The predicted molar refractivity (Wildman–Crippen MR) is 181 cm³/mol.